The number of unbranched alkanes of at least 4 members (excludes halogenated alkanes) is 1. The first-order valence-corrected chi connectivity index (χ1v) is 6.65. The van der Waals surface area contributed by atoms with Crippen molar-refractivity contribution in [3.8, 4) is 0 Å². The van der Waals surface area contributed by atoms with Gasteiger partial charge in [0.25, 0.3) is 0 Å². The van der Waals surface area contributed by atoms with Crippen LogP contribution in [0.1, 0.15) is 26.2 Å². The van der Waals surface area contributed by atoms with E-state index < -0.39 is 27.7 Å². The van der Waals surface area contributed by atoms with E-state index in [0.29, 0.717) is 0 Å². The highest BCUT2D eigenvalue weighted by Gasteiger charge is 2.64. The predicted octanol–water partition coefficient (Wildman–Crippen LogP) is 2.70. The maximum absolute atomic E-state index is 12.6. The molecule has 0 saturated carbocycles. The van der Waals surface area contributed by atoms with Gasteiger partial charge in [-0.3, -0.25) is 4.55 Å². The fraction of sp³-hybridized carbons (Fsp3) is 0.667. The third-order valence-electron chi connectivity index (χ3n) is 2.00. The Hall–Kier alpha value is -1.16. The molecule has 0 unspecified atom stereocenters. The Labute approximate surface area is 107 Å². The molecule has 10 heteroatoms. The molecule has 0 bridgehead atoms. The molecule has 0 aliphatic rings. The van der Waals surface area contributed by atoms with E-state index >= 15 is 0 Å². The van der Waals surface area contributed by atoms with Crippen LogP contribution < -0.4 is 0 Å². The van der Waals surface area contributed by atoms with Gasteiger partial charge in [-0.25, -0.2) is 4.98 Å². The lowest BCUT2D eigenvalue weighted by atomic mass is 10.1. The van der Waals surface area contributed by atoms with Crippen LogP contribution in [0.2, 0.25) is 0 Å². The van der Waals surface area contributed by atoms with E-state index in [-0.39, 0.29) is 12.8 Å². The summed E-state index contributed by atoms with van der Waals surface area (Å²) in [5, 5.41) is -5.42. The van der Waals surface area contributed by atoms with Crippen molar-refractivity contribution in [2.45, 2.75) is 37.4 Å². The van der Waals surface area contributed by atoms with E-state index in [2.05, 4.69) is 9.97 Å². The molecule has 0 spiro atoms. The molecular weight excluding hydrogens is 292 g/mol. The Bertz CT molecular complexity index is 431. The summed E-state index contributed by atoms with van der Waals surface area (Å²) in [6.07, 6.45) is 3.77. The van der Waals surface area contributed by atoms with Gasteiger partial charge in [0.2, 0.25) is 0 Å². The molecule has 1 rings (SSSR count). The standard InChI is InChI=1S/C6H10F4O3S.C3H4N2/c1-2-3-4-5(7,8)6(9,10)14(11,12)13;1-2-5-3-4-1/h2-4H2,1H3,(H,11,12,13);1-3H,(H,4,5). The number of aromatic amines is 1. The molecule has 0 aromatic carbocycles. The molecule has 0 aliphatic carbocycles. The lowest BCUT2D eigenvalue weighted by Crippen LogP contribution is -2.46. The van der Waals surface area contributed by atoms with Gasteiger partial charge in [-0.1, -0.05) is 13.3 Å². The van der Waals surface area contributed by atoms with Gasteiger partial charge in [0, 0.05) is 18.8 Å². The summed E-state index contributed by atoms with van der Waals surface area (Å²) in [7, 11) is -6.07. The number of halogens is 4. The van der Waals surface area contributed by atoms with Crippen LogP contribution in [0.4, 0.5) is 17.6 Å². The molecule has 19 heavy (non-hydrogen) atoms. The van der Waals surface area contributed by atoms with E-state index in [9.17, 15) is 26.0 Å². The number of imidazole rings is 1. The second-order valence-electron chi connectivity index (χ2n) is 3.56. The van der Waals surface area contributed by atoms with E-state index in [0.717, 1.165) is 0 Å². The number of H-pyrrole nitrogens is 1. The van der Waals surface area contributed by atoms with Crippen molar-refractivity contribution in [3.63, 3.8) is 0 Å². The average molecular weight is 306 g/mol. The summed E-state index contributed by atoms with van der Waals surface area (Å²) in [4.78, 5) is 6.42. The van der Waals surface area contributed by atoms with Gasteiger partial charge < -0.3 is 4.98 Å². The minimum absolute atomic E-state index is 0.219. The summed E-state index contributed by atoms with van der Waals surface area (Å²) in [5.41, 5.74) is 0. The molecule has 1 heterocycles. The van der Waals surface area contributed by atoms with E-state index in [1.54, 1.807) is 18.7 Å². The third-order valence-corrected chi connectivity index (χ3v) is 2.95. The van der Waals surface area contributed by atoms with Crippen LogP contribution >= 0.6 is 0 Å². The van der Waals surface area contributed by atoms with Gasteiger partial charge in [0.1, 0.15) is 0 Å². The van der Waals surface area contributed by atoms with Crippen LogP contribution in [0.5, 0.6) is 0 Å². The normalized spacial score (nSPS) is 12.7. The number of aromatic nitrogens is 2. The zero-order chi connectivity index (χ0) is 15.2. The summed E-state index contributed by atoms with van der Waals surface area (Å²) in [6, 6.07) is 0. The number of nitrogens with one attached hydrogen (secondary N) is 1. The zero-order valence-corrected chi connectivity index (χ0v) is 10.8. The molecule has 0 fully saturated rings. The van der Waals surface area contributed by atoms with Crippen LogP contribution in [0.25, 0.3) is 0 Å². The quantitative estimate of drug-likeness (QED) is 0.647. The van der Waals surface area contributed by atoms with Crippen molar-refractivity contribution in [2.75, 3.05) is 0 Å². The second kappa shape index (κ2) is 6.85. The fourth-order valence-electron chi connectivity index (χ4n) is 0.948. The number of hydrogen-bond donors (Lipinski definition) is 2. The molecular formula is C9H14F4N2O3S. The maximum Gasteiger partial charge on any atom is 0.431 e. The Balaban J connectivity index is 0.000000532. The van der Waals surface area contributed by atoms with Gasteiger partial charge >= 0.3 is 21.3 Å². The van der Waals surface area contributed by atoms with Crippen molar-refractivity contribution in [3.05, 3.63) is 18.7 Å². The lowest BCUT2D eigenvalue weighted by molar-refractivity contribution is -0.164. The van der Waals surface area contributed by atoms with Crippen LogP contribution in [0, 0.1) is 0 Å². The molecule has 0 amide bonds. The number of hydrogen-bond acceptors (Lipinski definition) is 3. The highest BCUT2D eigenvalue weighted by atomic mass is 32.2. The second-order valence-corrected chi connectivity index (χ2v) is 5.02. The highest BCUT2D eigenvalue weighted by Crippen LogP contribution is 2.41. The van der Waals surface area contributed by atoms with Gasteiger partial charge in [0.15, 0.2) is 0 Å². The fourth-order valence-corrected chi connectivity index (χ4v) is 1.43. The first kappa shape index (κ1) is 17.8. The molecule has 2 N–H and O–H groups in total. The van der Waals surface area contributed by atoms with E-state index in [1.807, 2.05) is 0 Å². The molecule has 1 aromatic rings. The maximum atomic E-state index is 12.6. The predicted molar refractivity (Wildman–Crippen MR) is 59.6 cm³/mol. The monoisotopic (exact) mass is 306 g/mol. The summed E-state index contributed by atoms with van der Waals surface area (Å²) < 4.78 is 78.0. The molecule has 5 nitrogen and oxygen atoms in total. The van der Waals surface area contributed by atoms with E-state index in [4.69, 9.17) is 4.55 Å². The number of rotatable bonds is 5. The molecule has 0 saturated heterocycles. The van der Waals surface area contributed by atoms with Crippen LogP contribution in [-0.2, 0) is 10.1 Å². The minimum atomic E-state index is -6.07. The number of alkyl halides is 4. The van der Waals surface area contributed by atoms with Gasteiger partial charge in [-0.2, -0.15) is 26.0 Å². The van der Waals surface area contributed by atoms with Crippen LogP contribution in [0.3, 0.4) is 0 Å². The van der Waals surface area contributed by atoms with Crippen molar-refractivity contribution >= 4 is 10.1 Å². The summed E-state index contributed by atoms with van der Waals surface area (Å²) in [6.45, 7) is 1.49. The molecule has 0 atom stereocenters. The van der Waals surface area contributed by atoms with Gasteiger partial charge in [-0.05, 0) is 6.42 Å². The smallest absolute Gasteiger partial charge is 0.351 e. The first-order valence-electron chi connectivity index (χ1n) is 5.21. The lowest BCUT2D eigenvalue weighted by Gasteiger charge is -2.23. The van der Waals surface area contributed by atoms with Gasteiger partial charge in [-0.15, -0.1) is 0 Å². The van der Waals surface area contributed by atoms with E-state index in [1.165, 1.54) is 6.92 Å². The van der Waals surface area contributed by atoms with Crippen LogP contribution in [0.15, 0.2) is 18.7 Å². The Morgan fingerprint density at radius 3 is 2.16 bits per heavy atom. The van der Waals surface area contributed by atoms with Crippen molar-refractivity contribution in [1.82, 2.24) is 9.97 Å². The molecule has 112 valence electrons. The summed E-state index contributed by atoms with van der Waals surface area (Å²) in [5.74, 6) is -4.74. The van der Waals surface area contributed by atoms with Crippen molar-refractivity contribution < 1.29 is 30.5 Å². The average Bonchev–Trinajstić information content (AvgIpc) is 2.83. The summed E-state index contributed by atoms with van der Waals surface area (Å²) >= 11 is 0. The highest BCUT2D eigenvalue weighted by molar-refractivity contribution is 7.87. The first-order chi connectivity index (χ1) is 8.56. The largest absolute Gasteiger partial charge is 0.431 e. The number of nitrogens with zero attached hydrogens (tertiary/aromatic N) is 1. The Morgan fingerprint density at radius 2 is 1.89 bits per heavy atom. The van der Waals surface area contributed by atoms with Gasteiger partial charge in [0.05, 0.1) is 6.33 Å². The Kier molecular flexibility index (Phi) is 6.43. The van der Waals surface area contributed by atoms with Crippen molar-refractivity contribution in [2.24, 2.45) is 0 Å². The molecule has 1 aromatic heterocycles. The zero-order valence-electron chi connectivity index (χ0n) is 9.98. The third kappa shape index (κ3) is 5.15. The molecule has 0 aliphatic heterocycles. The Morgan fingerprint density at radius 1 is 1.32 bits per heavy atom. The SMILES string of the molecule is CCCCC(F)(F)C(F)(F)S(=O)(=O)O.c1c[nH]cn1. The minimum Gasteiger partial charge on any atom is -0.351 e. The van der Waals surface area contributed by atoms with Crippen LogP contribution in [-0.4, -0.2) is 34.1 Å². The van der Waals surface area contributed by atoms with Crippen molar-refractivity contribution in [1.29, 1.82) is 0 Å². The topological polar surface area (TPSA) is 83.0 Å². The molecule has 0 radical (unpaired) electrons.